The maximum atomic E-state index is 13.7. The molecule has 3 aromatic rings. The quantitative estimate of drug-likeness (QED) is 0.664. The summed E-state index contributed by atoms with van der Waals surface area (Å²) in [5.74, 6) is -0.129. The van der Waals surface area contributed by atoms with E-state index in [1.165, 1.54) is 6.07 Å². The van der Waals surface area contributed by atoms with Crippen molar-refractivity contribution in [3.8, 4) is 5.75 Å². The van der Waals surface area contributed by atoms with Crippen LogP contribution in [-0.2, 0) is 6.61 Å². The second kappa shape index (κ2) is 5.82. The number of fused-ring (bicyclic) bond motifs is 1. The minimum atomic E-state index is -0.367. The Morgan fingerprint density at radius 3 is 2.81 bits per heavy atom. The first-order valence-electron chi connectivity index (χ1n) is 6.56. The molecule has 1 aromatic heterocycles. The van der Waals surface area contributed by atoms with Gasteiger partial charge in [0.05, 0.1) is 5.52 Å². The van der Waals surface area contributed by atoms with Crippen molar-refractivity contribution in [3.63, 3.8) is 0 Å². The van der Waals surface area contributed by atoms with E-state index in [0.29, 0.717) is 6.61 Å². The molecule has 106 valence electrons. The molecule has 0 aliphatic heterocycles. The van der Waals surface area contributed by atoms with E-state index in [4.69, 9.17) is 4.74 Å². The Morgan fingerprint density at radius 1 is 1.14 bits per heavy atom. The Hall–Kier alpha value is -1.94. The third kappa shape index (κ3) is 3.05. The zero-order chi connectivity index (χ0) is 14.8. The minimum absolute atomic E-state index is 0.239. The van der Waals surface area contributed by atoms with E-state index in [1.54, 1.807) is 12.1 Å². The van der Waals surface area contributed by atoms with Gasteiger partial charge in [0.1, 0.15) is 6.61 Å². The van der Waals surface area contributed by atoms with E-state index < -0.39 is 0 Å². The average Bonchev–Trinajstić information content (AvgIpc) is 2.47. The lowest BCUT2D eigenvalue weighted by molar-refractivity contribution is 0.291. The van der Waals surface area contributed by atoms with E-state index in [0.717, 1.165) is 26.6 Å². The van der Waals surface area contributed by atoms with Crippen LogP contribution in [0.2, 0.25) is 0 Å². The van der Waals surface area contributed by atoms with E-state index >= 15 is 0 Å². The van der Waals surface area contributed by atoms with E-state index in [1.807, 2.05) is 37.3 Å². The van der Waals surface area contributed by atoms with Gasteiger partial charge in [-0.05, 0) is 37.3 Å². The number of hydrogen-bond acceptors (Lipinski definition) is 2. The third-order valence-electron chi connectivity index (χ3n) is 3.21. The van der Waals surface area contributed by atoms with Crippen LogP contribution in [0.3, 0.4) is 0 Å². The standard InChI is InChI=1S/C17H13BrFNO/c1-11-8-12(14-4-2-3-5-16(14)20-11)10-21-17-9-13(18)6-7-15(17)19/h2-9H,10H2,1H3. The van der Waals surface area contributed by atoms with Crippen molar-refractivity contribution in [2.45, 2.75) is 13.5 Å². The molecule has 0 N–H and O–H groups in total. The first-order valence-corrected chi connectivity index (χ1v) is 7.36. The fourth-order valence-corrected chi connectivity index (χ4v) is 2.60. The number of hydrogen-bond donors (Lipinski definition) is 0. The van der Waals surface area contributed by atoms with Crippen molar-refractivity contribution in [1.29, 1.82) is 0 Å². The summed E-state index contributed by atoms with van der Waals surface area (Å²) in [7, 11) is 0. The molecule has 21 heavy (non-hydrogen) atoms. The predicted molar refractivity (Wildman–Crippen MR) is 84.9 cm³/mol. The van der Waals surface area contributed by atoms with Crippen LogP contribution in [-0.4, -0.2) is 4.98 Å². The van der Waals surface area contributed by atoms with Crippen LogP contribution in [0.5, 0.6) is 5.75 Å². The summed E-state index contributed by atoms with van der Waals surface area (Å²) in [5, 5.41) is 1.03. The highest BCUT2D eigenvalue weighted by atomic mass is 79.9. The number of nitrogens with zero attached hydrogens (tertiary/aromatic N) is 1. The molecule has 2 aromatic carbocycles. The van der Waals surface area contributed by atoms with Crippen molar-refractivity contribution < 1.29 is 9.13 Å². The second-order valence-electron chi connectivity index (χ2n) is 4.80. The maximum Gasteiger partial charge on any atom is 0.165 e. The van der Waals surface area contributed by atoms with Crippen LogP contribution in [0.4, 0.5) is 4.39 Å². The number of para-hydroxylation sites is 1. The van der Waals surface area contributed by atoms with Gasteiger partial charge in [0.25, 0.3) is 0 Å². The topological polar surface area (TPSA) is 22.1 Å². The molecular formula is C17H13BrFNO. The smallest absolute Gasteiger partial charge is 0.165 e. The molecule has 0 spiro atoms. The van der Waals surface area contributed by atoms with E-state index in [-0.39, 0.29) is 11.6 Å². The first-order chi connectivity index (χ1) is 10.1. The Kier molecular flexibility index (Phi) is 3.88. The molecule has 0 saturated heterocycles. The van der Waals surface area contributed by atoms with Gasteiger partial charge in [0.15, 0.2) is 11.6 Å². The zero-order valence-electron chi connectivity index (χ0n) is 11.4. The molecule has 0 aliphatic rings. The molecule has 0 saturated carbocycles. The SMILES string of the molecule is Cc1cc(COc2cc(Br)ccc2F)c2ccccc2n1. The Labute approximate surface area is 130 Å². The molecule has 2 nitrogen and oxygen atoms in total. The molecular weight excluding hydrogens is 333 g/mol. The van der Waals surface area contributed by atoms with Crippen LogP contribution in [0.25, 0.3) is 10.9 Å². The summed E-state index contributed by atoms with van der Waals surface area (Å²) in [6, 6.07) is 14.5. The lowest BCUT2D eigenvalue weighted by Crippen LogP contribution is -2.00. The van der Waals surface area contributed by atoms with Gasteiger partial charge in [-0.1, -0.05) is 34.1 Å². The van der Waals surface area contributed by atoms with Crippen LogP contribution in [0, 0.1) is 12.7 Å². The number of pyridine rings is 1. The molecule has 0 aliphatic carbocycles. The zero-order valence-corrected chi connectivity index (χ0v) is 13.0. The fraction of sp³-hybridized carbons (Fsp3) is 0.118. The normalized spacial score (nSPS) is 10.8. The van der Waals surface area contributed by atoms with Gasteiger partial charge < -0.3 is 4.74 Å². The monoisotopic (exact) mass is 345 g/mol. The van der Waals surface area contributed by atoms with Gasteiger partial charge in [-0.25, -0.2) is 4.39 Å². The van der Waals surface area contributed by atoms with Crippen LogP contribution >= 0.6 is 15.9 Å². The van der Waals surface area contributed by atoms with Crippen LogP contribution in [0.15, 0.2) is 53.0 Å². The molecule has 1 heterocycles. The Bertz CT molecular complexity index is 804. The summed E-state index contributed by atoms with van der Waals surface area (Å²) in [5.41, 5.74) is 2.84. The van der Waals surface area contributed by atoms with Gasteiger partial charge in [0.2, 0.25) is 0 Å². The molecule has 0 fully saturated rings. The van der Waals surface area contributed by atoms with E-state index in [9.17, 15) is 4.39 Å². The van der Waals surface area contributed by atoms with Crippen LogP contribution in [0.1, 0.15) is 11.3 Å². The van der Waals surface area contributed by atoms with Crippen molar-refractivity contribution in [3.05, 3.63) is 70.1 Å². The summed E-state index contributed by atoms with van der Waals surface area (Å²) < 4.78 is 20.1. The van der Waals surface area contributed by atoms with Crippen molar-refractivity contribution >= 4 is 26.8 Å². The number of aromatic nitrogens is 1. The van der Waals surface area contributed by atoms with Crippen molar-refractivity contribution in [2.75, 3.05) is 0 Å². The largest absolute Gasteiger partial charge is 0.486 e. The van der Waals surface area contributed by atoms with Crippen LogP contribution < -0.4 is 4.74 Å². The van der Waals surface area contributed by atoms with Gasteiger partial charge in [-0.3, -0.25) is 4.98 Å². The van der Waals surface area contributed by atoms with Gasteiger partial charge >= 0.3 is 0 Å². The highest BCUT2D eigenvalue weighted by Crippen LogP contribution is 2.25. The molecule has 0 atom stereocenters. The molecule has 0 radical (unpaired) electrons. The number of benzene rings is 2. The summed E-state index contributed by atoms with van der Waals surface area (Å²) >= 11 is 3.32. The third-order valence-corrected chi connectivity index (χ3v) is 3.70. The van der Waals surface area contributed by atoms with E-state index in [2.05, 4.69) is 20.9 Å². The summed E-state index contributed by atoms with van der Waals surface area (Å²) in [6.07, 6.45) is 0. The second-order valence-corrected chi connectivity index (χ2v) is 5.72. The van der Waals surface area contributed by atoms with Gasteiger partial charge in [0, 0.05) is 21.1 Å². The van der Waals surface area contributed by atoms with Crippen molar-refractivity contribution in [1.82, 2.24) is 4.98 Å². The van der Waals surface area contributed by atoms with Gasteiger partial charge in [-0.15, -0.1) is 0 Å². The Balaban J connectivity index is 1.93. The minimum Gasteiger partial charge on any atom is -0.486 e. The molecule has 4 heteroatoms. The predicted octanol–water partition coefficient (Wildman–Crippen LogP) is 5.02. The fourth-order valence-electron chi connectivity index (χ4n) is 2.26. The number of aryl methyl sites for hydroxylation is 1. The number of ether oxygens (including phenoxy) is 1. The average molecular weight is 346 g/mol. The molecule has 0 bridgehead atoms. The highest BCUT2D eigenvalue weighted by Gasteiger charge is 2.07. The van der Waals surface area contributed by atoms with Crippen molar-refractivity contribution in [2.24, 2.45) is 0 Å². The maximum absolute atomic E-state index is 13.7. The molecule has 0 unspecified atom stereocenters. The first kappa shape index (κ1) is 14.0. The summed E-state index contributed by atoms with van der Waals surface area (Å²) in [4.78, 5) is 4.49. The lowest BCUT2D eigenvalue weighted by Gasteiger charge is -2.11. The van der Waals surface area contributed by atoms with Gasteiger partial charge in [-0.2, -0.15) is 0 Å². The highest BCUT2D eigenvalue weighted by molar-refractivity contribution is 9.10. The Morgan fingerprint density at radius 2 is 1.95 bits per heavy atom. The summed E-state index contributed by atoms with van der Waals surface area (Å²) in [6.45, 7) is 2.24. The lowest BCUT2D eigenvalue weighted by atomic mass is 10.1. The molecule has 3 rings (SSSR count). The molecule has 0 amide bonds. The number of rotatable bonds is 3. The number of halogens is 2.